The highest BCUT2D eigenvalue weighted by Gasteiger charge is 2.34. The maximum Gasteiger partial charge on any atom is 0.0110 e. The zero-order valence-corrected chi connectivity index (χ0v) is 10.0. The molecule has 2 fully saturated rings. The fourth-order valence-electron chi connectivity index (χ4n) is 3.03. The number of piperazine rings is 1. The van der Waals surface area contributed by atoms with E-state index in [0.717, 1.165) is 6.54 Å². The van der Waals surface area contributed by atoms with Crippen molar-refractivity contribution in [2.75, 3.05) is 46.3 Å². The third kappa shape index (κ3) is 2.71. The third-order valence-corrected chi connectivity index (χ3v) is 4.25. The van der Waals surface area contributed by atoms with Crippen LogP contribution in [0.3, 0.4) is 0 Å². The first-order valence-corrected chi connectivity index (χ1v) is 6.35. The van der Waals surface area contributed by atoms with E-state index in [9.17, 15) is 0 Å². The predicted molar refractivity (Wildman–Crippen MR) is 63.9 cm³/mol. The van der Waals surface area contributed by atoms with Gasteiger partial charge in [-0.15, -0.1) is 0 Å². The van der Waals surface area contributed by atoms with Crippen LogP contribution in [0.2, 0.25) is 0 Å². The molecule has 1 saturated heterocycles. The van der Waals surface area contributed by atoms with Gasteiger partial charge in [-0.3, -0.25) is 0 Å². The molecule has 0 aromatic heterocycles. The maximum absolute atomic E-state index is 5.98. The molecule has 3 nitrogen and oxygen atoms in total. The van der Waals surface area contributed by atoms with E-state index in [2.05, 4.69) is 16.8 Å². The summed E-state index contributed by atoms with van der Waals surface area (Å²) in [6.07, 6.45) is 5.50. The SMILES string of the molecule is CN1CCN(CC2(CN)CCCC2)CC1. The summed E-state index contributed by atoms with van der Waals surface area (Å²) in [5, 5.41) is 0. The molecule has 2 aliphatic rings. The average molecular weight is 211 g/mol. The van der Waals surface area contributed by atoms with E-state index in [1.165, 1.54) is 58.4 Å². The molecular formula is C12H25N3. The highest BCUT2D eigenvalue weighted by Crippen LogP contribution is 2.37. The van der Waals surface area contributed by atoms with Crippen molar-refractivity contribution in [3.05, 3.63) is 0 Å². The monoisotopic (exact) mass is 211 g/mol. The van der Waals surface area contributed by atoms with Gasteiger partial charge in [0.25, 0.3) is 0 Å². The van der Waals surface area contributed by atoms with Crippen LogP contribution in [0.25, 0.3) is 0 Å². The van der Waals surface area contributed by atoms with Crippen molar-refractivity contribution in [2.45, 2.75) is 25.7 Å². The van der Waals surface area contributed by atoms with Crippen molar-refractivity contribution in [3.63, 3.8) is 0 Å². The lowest BCUT2D eigenvalue weighted by atomic mass is 9.85. The van der Waals surface area contributed by atoms with Gasteiger partial charge < -0.3 is 15.5 Å². The molecule has 0 amide bonds. The minimum absolute atomic E-state index is 0.468. The van der Waals surface area contributed by atoms with Gasteiger partial charge in [-0.05, 0) is 31.8 Å². The lowest BCUT2D eigenvalue weighted by Crippen LogP contribution is -2.49. The molecule has 0 unspecified atom stereocenters. The van der Waals surface area contributed by atoms with Crippen molar-refractivity contribution >= 4 is 0 Å². The molecule has 88 valence electrons. The number of hydrogen-bond donors (Lipinski definition) is 1. The molecule has 0 atom stereocenters. The Morgan fingerprint density at radius 2 is 1.67 bits per heavy atom. The van der Waals surface area contributed by atoms with Crippen molar-refractivity contribution in [1.82, 2.24) is 9.80 Å². The summed E-state index contributed by atoms with van der Waals surface area (Å²) in [6.45, 7) is 7.05. The highest BCUT2D eigenvalue weighted by molar-refractivity contribution is 4.89. The summed E-state index contributed by atoms with van der Waals surface area (Å²) >= 11 is 0. The fourth-order valence-corrected chi connectivity index (χ4v) is 3.03. The van der Waals surface area contributed by atoms with E-state index in [4.69, 9.17) is 5.73 Å². The van der Waals surface area contributed by atoms with E-state index < -0.39 is 0 Å². The lowest BCUT2D eigenvalue weighted by molar-refractivity contribution is 0.101. The number of rotatable bonds is 3. The molecule has 0 aromatic carbocycles. The molecule has 1 aliphatic carbocycles. The van der Waals surface area contributed by atoms with Gasteiger partial charge in [0.2, 0.25) is 0 Å². The topological polar surface area (TPSA) is 32.5 Å². The molecule has 1 saturated carbocycles. The van der Waals surface area contributed by atoms with Crippen molar-refractivity contribution in [1.29, 1.82) is 0 Å². The quantitative estimate of drug-likeness (QED) is 0.748. The van der Waals surface area contributed by atoms with Gasteiger partial charge in [0, 0.05) is 32.7 Å². The van der Waals surface area contributed by atoms with Crippen LogP contribution in [0.15, 0.2) is 0 Å². The summed E-state index contributed by atoms with van der Waals surface area (Å²) in [5.74, 6) is 0. The highest BCUT2D eigenvalue weighted by atomic mass is 15.2. The molecule has 1 aliphatic heterocycles. The maximum atomic E-state index is 5.98. The van der Waals surface area contributed by atoms with Gasteiger partial charge in [0.15, 0.2) is 0 Å². The van der Waals surface area contributed by atoms with Gasteiger partial charge in [-0.2, -0.15) is 0 Å². The Hall–Kier alpha value is -0.120. The average Bonchev–Trinajstić information content (AvgIpc) is 2.71. The Morgan fingerprint density at radius 3 is 2.20 bits per heavy atom. The Kier molecular flexibility index (Phi) is 3.65. The number of hydrogen-bond acceptors (Lipinski definition) is 3. The molecule has 15 heavy (non-hydrogen) atoms. The number of likely N-dealkylation sites (N-methyl/N-ethyl adjacent to an activating group) is 1. The fraction of sp³-hybridized carbons (Fsp3) is 1.00. The van der Waals surface area contributed by atoms with Crippen LogP contribution in [-0.2, 0) is 0 Å². The van der Waals surface area contributed by atoms with Crippen molar-refractivity contribution in [3.8, 4) is 0 Å². The minimum Gasteiger partial charge on any atom is -0.330 e. The second kappa shape index (κ2) is 4.81. The third-order valence-electron chi connectivity index (χ3n) is 4.25. The molecule has 0 aromatic rings. The largest absolute Gasteiger partial charge is 0.330 e. The Balaban J connectivity index is 1.84. The summed E-state index contributed by atoms with van der Waals surface area (Å²) < 4.78 is 0. The minimum atomic E-state index is 0.468. The van der Waals surface area contributed by atoms with E-state index >= 15 is 0 Å². The Morgan fingerprint density at radius 1 is 1.07 bits per heavy atom. The van der Waals surface area contributed by atoms with E-state index in [1.54, 1.807) is 0 Å². The smallest absolute Gasteiger partial charge is 0.0110 e. The molecule has 0 spiro atoms. The molecule has 1 heterocycles. The first-order chi connectivity index (χ1) is 7.24. The standard InChI is InChI=1S/C12H25N3/c1-14-6-8-15(9-7-14)11-12(10-13)4-2-3-5-12/h2-11,13H2,1H3. The van der Waals surface area contributed by atoms with E-state index in [0.29, 0.717) is 5.41 Å². The summed E-state index contributed by atoms with van der Waals surface area (Å²) in [4.78, 5) is 5.04. The summed E-state index contributed by atoms with van der Waals surface area (Å²) in [7, 11) is 2.21. The second-order valence-corrected chi connectivity index (χ2v) is 5.49. The molecule has 2 rings (SSSR count). The molecule has 0 radical (unpaired) electrons. The van der Waals surface area contributed by atoms with Crippen molar-refractivity contribution in [2.24, 2.45) is 11.1 Å². The first-order valence-electron chi connectivity index (χ1n) is 6.35. The second-order valence-electron chi connectivity index (χ2n) is 5.49. The van der Waals surface area contributed by atoms with Gasteiger partial charge in [-0.25, -0.2) is 0 Å². The zero-order chi connectivity index (χ0) is 10.7. The van der Waals surface area contributed by atoms with E-state index in [1.807, 2.05) is 0 Å². The molecule has 3 heteroatoms. The Bertz CT molecular complexity index is 191. The van der Waals surface area contributed by atoms with Gasteiger partial charge in [-0.1, -0.05) is 12.8 Å². The van der Waals surface area contributed by atoms with Crippen LogP contribution in [-0.4, -0.2) is 56.1 Å². The zero-order valence-electron chi connectivity index (χ0n) is 10.0. The molecule has 2 N–H and O–H groups in total. The first kappa shape index (κ1) is 11.4. The van der Waals surface area contributed by atoms with Crippen LogP contribution in [0, 0.1) is 5.41 Å². The van der Waals surface area contributed by atoms with Crippen LogP contribution >= 0.6 is 0 Å². The van der Waals surface area contributed by atoms with E-state index in [-0.39, 0.29) is 0 Å². The van der Waals surface area contributed by atoms with Crippen LogP contribution in [0.5, 0.6) is 0 Å². The predicted octanol–water partition coefficient (Wildman–Crippen LogP) is 0.753. The van der Waals surface area contributed by atoms with Gasteiger partial charge in [0.1, 0.15) is 0 Å². The molecule has 0 bridgehead atoms. The summed E-state index contributed by atoms with van der Waals surface area (Å²) in [5.41, 5.74) is 6.44. The number of nitrogens with zero attached hydrogens (tertiary/aromatic N) is 2. The summed E-state index contributed by atoms with van der Waals surface area (Å²) in [6, 6.07) is 0. The van der Waals surface area contributed by atoms with Crippen LogP contribution in [0.1, 0.15) is 25.7 Å². The van der Waals surface area contributed by atoms with Gasteiger partial charge in [0.05, 0.1) is 0 Å². The lowest BCUT2D eigenvalue weighted by Gasteiger charge is -2.38. The normalized spacial score (nSPS) is 28.4. The number of nitrogens with two attached hydrogens (primary N) is 1. The van der Waals surface area contributed by atoms with Crippen LogP contribution < -0.4 is 5.73 Å². The van der Waals surface area contributed by atoms with Gasteiger partial charge >= 0.3 is 0 Å². The van der Waals surface area contributed by atoms with Crippen molar-refractivity contribution < 1.29 is 0 Å². The van der Waals surface area contributed by atoms with Crippen LogP contribution in [0.4, 0.5) is 0 Å². The Labute approximate surface area is 93.6 Å². The molecular weight excluding hydrogens is 186 g/mol.